The number of pyridine rings is 1. The van der Waals surface area contributed by atoms with Gasteiger partial charge in [-0.1, -0.05) is 6.07 Å². The second-order valence-corrected chi connectivity index (χ2v) is 7.21. The monoisotopic (exact) mass is 366 g/mol. The van der Waals surface area contributed by atoms with Crippen molar-refractivity contribution in [2.45, 2.75) is 45.5 Å². The second-order valence-electron chi connectivity index (χ2n) is 7.21. The molecule has 1 amide bonds. The number of alkyl halides is 3. The van der Waals surface area contributed by atoms with Gasteiger partial charge >= 0.3 is 6.18 Å². The van der Waals surface area contributed by atoms with Crippen molar-refractivity contribution in [3.63, 3.8) is 0 Å². The number of aromatic nitrogens is 1. The Kier molecular flexibility index (Phi) is 5.41. The number of nitrogens with one attached hydrogen (secondary N) is 1. The number of amides is 1. The third kappa shape index (κ3) is 5.05. The van der Waals surface area contributed by atoms with Crippen molar-refractivity contribution in [2.75, 3.05) is 0 Å². The van der Waals surface area contributed by atoms with Gasteiger partial charge in [0.25, 0.3) is 5.91 Å². The molecule has 1 atom stereocenters. The number of hydrogen-bond acceptors (Lipinski definition) is 3. The van der Waals surface area contributed by atoms with Gasteiger partial charge in [0.15, 0.2) is 6.10 Å². The summed E-state index contributed by atoms with van der Waals surface area (Å²) in [6.45, 7) is 7.13. The standard InChI is InChI=1S/C19H21F3N2O2/c1-11-5-6-15(23-10-11)12-7-13(16(25)19(20,21)22)9-14(8-12)17(26)24-18(2,3)4/h5-10,16,25H,1-4H3,(H,24,26). The molecule has 1 aromatic carbocycles. The molecule has 1 heterocycles. The van der Waals surface area contributed by atoms with Gasteiger partial charge in [-0.05, 0) is 63.1 Å². The summed E-state index contributed by atoms with van der Waals surface area (Å²) in [7, 11) is 0. The highest BCUT2D eigenvalue weighted by atomic mass is 19.4. The molecule has 140 valence electrons. The summed E-state index contributed by atoms with van der Waals surface area (Å²) in [5.74, 6) is -0.526. The summed E-state index contributed by atoms with van der Waals surface area (Å²) in [5.41, 5.74) is 0.694. The van der Waals surface area contributed by atoms with E-state index in [9.17, 15) is 23.1 Å². The third-order valence-corrected chi connectivity index (χ3v) is 3.54. The summed E-state index contributed by atoms with van der Waals surface area (Å²) in [5, 5.41) is 12.3. The number of rotatable bonds is 3. The lowest BCUT2D eigenvalue weighted by molar-refractivity contribution is -0.206. The summed E-state index contributed by atoms with van der Waals surface area (Å²) in [4.78, 5) is 16.6. The first-order chi connectivity index (χ1) is 11.9. The van der Waals surface area contributed by atoms with Gasteiger partial charge in [0.2, 0.25) is 0 Å². The normalized spacial score (nSPS) is 13.4. The van der Waals surface area contributed by atoms with Crippen LogP contribution in [-0.4, -0.2) is 27.7 Å². The van der Waals surface area contributed by atoms with E-state index in [0.29, 0.717) is 11.3 Å². The van der Waals surface area contributed by atoms with E-state index in [4.69, 9.17) is 0 Å². The van der Waals surface area contributed by atoms with Crippen LogP contribution in [0, 0.1) is 6.92 Å². The molecule has 0 aliphatic rings. The lowest BCUT2D eigenvalue weighted by Crippen LogP contribution is -2.40. The van der Waals surface area contributed by atoms with E-state index in [0.717, 1.165) is 11.6 Å². The highest BCUT2D eigenvalue weighted by Gasteiger charge is 2.39. The Morgan fingerprint density at radius 1 is 1.15 bits per heavy atom. The van der Waals surface area contributed by atoms with Crippen LogP contribution in [0.1, 0.15) is 48.4 Å². The van der Waals surface area contributed by atoms with E-state index in [-0.39, 0.29) is 5.56 Å². The SMILES string of the molecule is Cc1ccc(-c2cc(C(=O)NC(C)(C)C)cc(C(O)C(F)(F)F)c2)nc1. The molecule has 0 radical (unpaired) electrons. The fourth-order valence-electron chi connectivity index (χ4n) is 2.33. The van der Waals surface area contributed by atoms with Crippen LogP contribution >= 0.6 is 0 Å². The molecule has 0 saturated carbocycles. The summed E-state index contributed by atoms with van der Waals surface area (Å²) < 4.78 is 38.9. The molecule has 1 aromatic heterocycles. The zero-order valence-electron chi connectivity index (χ0n) is 15.0. The number of aryl methyl sites for hydroxylation is 1. The number of carbonyl (C=O) groups is 1. The quantitative estimate of drug-likeness (QED) is 0.857. The number of aliphatic hydroxyl groups is 1. The average molecular weight is 366 g/mol. The van der Waals surface area contributed by atoms with Crippen molar-refractivity contribution in [1.29, 1.82) is 0 Å². The Morgan fingerprint density at radius 2 is 1.81 bits per heavy atom. The van der Waals surface area contributed by atoms with Gasteiger partial charge in [-0.25, -0.2) is 0 Å². The zero-order valence-corrected chi connectivity index (χ0v) is 15.0. The molecule has 0 fully saturated rings. The Balaban J connectivity index is 2.55. The van der Waals surface area contributed by atoms with Gasteiger partial charge in [-0.3, -0.25) is 9.78 Å². The lowest BCUT2D eigenvalue weighted by Gasteiger charge is -2.22. The maximum Gasteiger partial charge on any atom is 0.418 e. The van der Waals surface area contributed by atoms with Crippen LogP contribution in [-0.2, 0) is 0 Å². The molecule has 0 aliphatic carbocycles. The Morgan fingerprint density at radius 3 is 2.31 bits per heavy atom. The van der Waals surface area contributed by atoms with E-state index in [2.05, 4.69) is 10.3 Å². The number of benzene rings is 1. The van der Waals surface area contributed by atoms with Crippen LogP contribution in [0.5, 0.6) is 0 Å². The van der Waals surface area contributed by atoms with Crippen molar-refractivity contribution >= 4 is 5.91 Å². The fourth-order valence-corrected chi connectivity index (χ4v) is 2.33. The molecule has 0 aliphatic heterocycles. The predicted octanol–water partition coefficient (Wildman–Crippen LogP) is 4.18. The van der Waals surface area contributed by atoms with E-state index in [1.807, 2.05) is 6.92 Å². The van der Waals surface area contributed by atoms with E-state index >= 15 is 0 Å². The van der Waals surface area contributed by atoms with E-state index < -0.39 is 29.3 Å². The van der Waals surface area contributed by atoms with Crippen LogP contribution in [0.4, 0.5) is 13.2 Å². The second kappa shape index (κ2) is 7.07. The smallest absolute Gasteiger partial charge is 0.379 e. The molecule has 1 unspecified atom stereocenters. The largest absolute Gasteiger partial charge is 0.418 e. The van der Waals surface area contributed by atoms with Crippen LogP contribution < -0.4 is 5.32 Å². The van der Waals surface area contributed by atoms with E-state index in [1.54, 1.807) is 39.1 Å². The first-order valence-corrected chi connectivity index (χ1v) is 8.02. The van der Waals surface area contributed by atoms with Gasteiger partial charge < -0.3 is 10.4 Å². The zero-order chi connectivity index (χ0) is 19.7. The molecule has 2 rings (SSSR count). The van der Waals surface area contributed by atoms with Gasteiger partial charge in [0, 0.05) is 22.9 Å². The lowest BCUT2D eigenvalue weighted by atomic mass is 9.98. The van der Waals surface area contributed by atoms with Crippen molar-refractivity contribution in [3.8, 4) is 11.3 Å². The molecule has 0 spiro atoms. The maximum atomic E-state index is 13.0. The van der Waals surface area contributed by atoms with Gasteiger partial charge in [0.05, 0.1) is 5.69 Å². The van der Waals surface area contributed by atoms with Crippen molar-refractivity contribution < 1.29 is 23.1 Å². The minimum Gasteiger partial charge on any atom is -0.379 e. The van der Waals surface area contributed by atoms with Crippen molar-refractivity contribution in [2.24, 2.45) is 0 Å². The van der Waals surface area contributed by atoms with Crippen LogP contribution in [0.15, 0.2) is 36.5 Å². The number of halogens is 3. The molecule has 2 aromatic rings. The molecule has 26 heavy (non-hydrogen) atoms. The van der Waals surface area contributed by atoms with Crippen LogP contribution in [0.2, 0.25) is 0 Å². The molecule has 0 saturated heterocycles. The molecular weight excluding hydrogens is 345 g/mol. The van der Waals surface area contributed by atoms with Gasteiger partial charge in [-0.2, -0.15) is 13.2 Å². The molecule has 2 N–H and O–H groups in total. The summed E-state index contributed by atoms with van der Waals surface area (Å²) in [6.07, 6.45) is -5.94. The van der Waals surface area contributed by atoms with Crippen LogP contribution in [0.3, 0.4) is 0 Å². The fraction of sp³-hybridized carbons (Fsp3) is 0.368. The average Bonchev–Trinajstić information content (AvgIpc) is 2.52. The Hall–Kier alpha value is -2.41. The third-order valence-electron chi connectivity index (χ3n) is 3.54. The Bertz CT molecular complexity index is 794. The minimum absolute atomic E-state index is 0.0260. The molecular formula is C19H21F3N2O2. The molecule has 0 bridgehead atoms. The van der Waals surface area contributed by atoms with Crippen molar-refractivity contribution in [3.05, 3.63) is 53.2 Å². The predicted molar refractivity (Wildman–Crippen MR) is 92.6 cm³/mol. The summed E-state index contributed by atoms with van der Waals surface area (Å²) >= 11 is 0. The Labute approximate surface area is 150 Å². The van der Waals surface area contributed by atoms with Gasteiger partial charge in [0.1, 0.15) is 0 Å². The first kappa shape index (κ1) is 19.9. The molecule has 7 heteroatoms. The highest BCUT2D eigenvalue weighted by molar-refractivity contribution is 5.96. The number of aliphatic hydroxyl groups excluding tert-OH is 1. The molecule has 4 nitrogen and oxygen atoms in total. The van der Waals surface area contributed by atoms with Crippen molar-refractivity contribution in [1.82, 2.24) is 10.3 Å². The number of carbonyl (C=O) groups excluding carboxylic acids is 1. The number of hydrogen-bond donors (Lipinski definition) is 2. The van der Waals surface area contributed by atoms with Gasteiger partial charge in [-0.15, -0.1) is 0 Å². The van der Waals surface area contributed by atoms with E-state index in [1.165, 1.54) is 12.1 Å². The maximum absolute atomic E-state index is 13.0. The first-order valence-electron chi connectivity index (χ1n) is 8.02. The summed E-state index contributed by atoms with van der Waals surface area (Å²) in [6, 6.07) is 7.13. The topological polar surface area (TPSA) is 62.2 Å². The minimum atomic E-state index is -4.84. The van der Waals surface area contributed by atoms with Crippen LogP contribution in [0.25, 0.3) is 11.3 Å². The number of nitrogens with zero attached hydrogens (tertiary/aromatic N) is 1. The highest BCUT2D eigenvalue weighted by Crippen LogP contribution is 2.34.